The molecule has 12 aromatic rings. The van der Waals surface area contributed by atoms with Crippen molar-refractivity contribution in [1.29, 1.82) is 0 Å². The van der Waals surface area contributed by atoms with Crippen LogP contribution in [-0.2, 0) is 0 Å². The van der Waals surface area contributed by atoms with Gasteiger partial charge in [-0.2, -0.15) is 0 Å². The van der Waals surface area contributed by atoms with E-state index in [1.807, 2.05) is 22.7 Å². The molecule has 3 heteroatoms. The van der Waals surface area contributed by atoms with Crippen LogP contribution in [0.3, 0.4) is 0 Å². The fourth-order valence-corrected chi connectivity index (χ4v) is 11.6. The lowest BCUT2D eigenvalue weighted by atomic mass is 9.98. The standard InChI is InChI=1S/C58H37NS2/c1-3-11-38(12-4-1)40-19-23-42(24-20-40)44-27-31-47(32-28-44)59(48-33-29-45(30-34-48)43-25-21-41(22-26-43)39-13-5-2-6-14-39)56-49-16-8-7-15-46(49)37-52-50-35-36-54-55(57(50)61-58(52)56)51-17-9-10-18-53(51)60-54/h1-37H. The lowest BCUT2D eigenvalue weighted by Crippen LogP contribution is -2.10. The van der Waals surface area contributed by atoms with Crippen LogP contribution in [0, 0.1) is 0 Å². The summed E-state index contributed by atoms with van der Waals surface area (Å²) in [5.74, 6) is 0. The van der Waals surface area contributed by atoms with E-state index >= 15 is 0 Å². The van der Waals surface area contributed by atoms with E-state index in [4.69, 9.17) is 0 Å². The first-order valence-corrected chi connectivity index (χ1v) is 22.4. The summed E-state index contributed by atoms with van der Waals surface area (Å²) in [6.07, 6.45) is 0. The number of fused-ring (bicyclic) bond motifs is 8. The highest BCUT2D eigenvalue weighted by molar-refractivity contribution is 7.30. The molecular weight excluding hydrogens is 775 g/mol. The molecule has 2 aromatic heterocycles. The van der Waals surface area contributed by atoms with Crippen molar-refractivity contribution in [2.45, 2.75) is 0 Å². The molecule has 0 aliphatic carbocycles. The van der Waals surface area contributed by atoms with Crippen molar-refractivity contribution in [1.82, 2.24) is 0 Å². The van der Waals surface area contributed by atoms with Crippen molar-refractivity contribution >= 4 is 90.9 Å². The van der Waals surface area contributed by atoms with Gasteiger partial charge >= 0.3 is 0 Å². The normalized spacial score (nSPS) is 11.6. The van der Waals surface area contributed by atoms with Gasteiger partial charge in [0.2, 0.25) is 0 Å². The lowest BCUT2D eigenvalue weighted by Gasteiger charge is -2.28. The molecule has 0 amide bonds. The van der Waals surface area contributed by atoms with Crippen LogP contribution in [0.15, 0.2) is 224 Å². The van der Waals surface area contributed by atoms with Gasteiger partial charge in [-0.3, -0.25) is 0 Å². The molecule has 0 aliphatic heterocycles. The fraction of sp³-hybridized carbons (Fsp3) is 0. The van der Waals surface area contributed by atoms with Crippen molar-refractivity contribution in [2.75, 3.05) is 4.90 Å². The third-order valence-corrected chi connectivity index (χ3v) is 14.5. The zero-order chi connectivity index (χ0) is 40.3. The van der Waals surface area contributed by atoms with Gasteiger partial charge in [0.15, 0.2) is 0 Å². The molecule has 0 N–H and O–H groups in total. The molecule has 0 aliphatic rings. The molecule has 1 nitrogen and oxygen atoms in total. The number of hydrogen-bond donors (Lipinski definition) is 0. The van der Waals surface area contributed by atoms with E-state index in [9.17, 15) is 0 Å². The first-order valence-electron chi connectivity index (χ1n) is 20.7. The monoisotopic (exact) mass is 811 g/mol. The van der Waals surface area contributed by atoms with Gasteiger partial charge in [-0.1, -0.05) is 182 Å². The lowest BCUT2D eigenvalue weighted by molar-refractivity contribution is 1.31. The second-order valence-corrected chi connectivity index (χ2v) is 17.8. The Morgan fingerprint density at radius 1 is 0.279 bits per heavy atom. The largest absolute Gasteiger partial charge is 0.308 e. The van der Waals surface area contributed by atoms with Gasteiger partial charge in [-0.25, -0.2) is 0 Å². The Morgan fingerprint density at radius 2 is 0.721 bits per heavy atom. The third kappa shape index (κ3) is 6.21. The summed E-state index contributed by atoms with van der Waals surface area (Å²) in [6.45, 7) is 0. The molecule has 0 spiro atoms. The van der Waals surface area contributed by atoms with Crippen molar-refractivity contribution in [3.63, 3.8) is 0 Å². The maximum atomic E-state index is 2.49. The minimum atomic E-state index is 1.12. The second-order valence-electron chi connectivity index (χ2n) is 15.7. The van der Waals surface area contributed by atoms with Gasteiger partial charge in [-0.05, 0) is 92.4 Å². The first kappa shape index (κ1) is 35.6. The summed E-state index contributed by atoms with van der Waals surface area (Å²) in [4.78, 5) is 2.49. The Labute approximate surface area is 362 Å². The zero-order valence-electron chi connectivity index (χ0n) is 33.1. The van der Waals surface area contributed by atoms with Gasteiger partial charge in [-0.15, -0.1) is 22.7 Å². The molecule has 0 saturated heterocycles. The molecule has 0 atom stereocenters. The van der Waals surface area contributed by atoms with Crippen LogP contribution in [0.5, 0.6) is 0 Å². The molecule has 0 unspecified atom stereocenters. The number of nitrogens with zero attached hydrogens (tertiary/aromatic N) is 1. The smallest absolute Gasteiger partial charge is 0.0718 e. The number of anilines is 3. The Hall–Kier alpha value is -7.30. The van der Waals surface area contributed by atoms with Crippen molar-refractivity contribution in [2.24, 2.45) is 0 Å². The summed E-state index contributed by atoms with van der Waals surface area (Å²) in [5.41, 5.74) is 13.1. The van der Waals surface area contributed by atoms with Crippen LogP contribution in [0.2, 0.25) is 0 Å². The van der Waals surface area contributed by atoms with Crippen molar-refractivity contribution in [3.8, 4) is 44.5 Å². The van der Waals surface area contributed by atoms with Crippen LogP contribution in [0.4, 0.5) is 17.1 Å². The summed E-state index contributed by atoms with van der Waals surface area (Å²) < 4.78 is 5.31. The van der Waals surface area contributed by atoms with Crippen LogP contribution >= 0.6 is 22.7 Å². The highest BCUT2D eigenvalue weighted by Crippen LogP contribution is 2.51. The molecule has 0 bridgehead atoms. The predicted molar refractivity (Wildman–Crippen MR) is 266 cm³/mol. The van der Waals surface area contributed by atoms with Gasteiger partial charge in [0.25, 0.3) is 0 Å². The molecule has 0 radical (unpaired) electrons. The molecule has 10 aromatic carbocycles. The van der Waals surface area contributed by atoms with Gasteiger partial charge in [0.1, 0.15) is 0 Å². The van der Waals surface area contributed by atoms with Crippen LogP contribution < -0.4 is 4.90 Å². The Kier molecular flexibility index (Phi) is 8.62. The molecule has 61 heavy (non-hydrogen) atoms. The average molecular weight is 812 g/mol. The zero-order valence-corrected chi connectivity index (χ0v) is 34.8. The first-order chi connectivity index (χ1) is 30.2. The summed E-state index contributed by atoms with van der Waals surface area (Å²) in [6, 6.07) is 82.2. The summed E-state index contributed by atoms with van der Waals surface area (Å²) >= 11 is 3.82. The van der Waals surface area contributed by atoms with Gasteiger partial charge in [0, 0.05) is 52.4 Å². The van der Waals surface area contributed by atoms with E-state index < -0.39 is 0 Å². The number of rotatable bonds is 7. The van der Waals surface area contributed by atoms with E-state index in [0.29, 0.717) is 0 Å². The average Bonchev–Trinajstić information content (AvgIpc) is 3.91. The Balaban J connectivity index is 1.03. The van der Waals surface area contributed by atoms with Crippen molar-refractivity contribution in [3.05, 3.63) is 224 Å². The minimum Gasteiger partial charge on any atom is -0.308 e. The van der Waals surface area contributed by atoms with Crippen molar-refractivity contribution < 1.29 is 0 Å². The highest BCUT2D eigenvalue weighted by atomic mass is 32.1. The van der Waals surface area contributed by atoms with Gasteiger partial charge < -0.3 is 4.90 Å². The van der Waals surface area contributed by atoms with E-state index in [1.165, 1.54) is 101 Å². The molecule has 286 valence electrons. The highest BCUT2D eigenvalue weighted by Gasteiger charge is 2.23. The maximum Gasteiger partial charge on any atom is 0.0718 e. The minimum absolute atomic E-state index is 1.12. The fourth-order valence-electron chi connectivity index (χ4n) is 9.02. The van der Waals surface area contributed by atoms with E-state index in [-0.39, 0.29) is 0 Å². The van der Waals surface area contributed by atoms with E-state index in [0.717, 1.165) is 11.4 Å². The van der Waals surface area contributed by atoms with Crippen LogP contribution in [-0.4, -0.2) is 0 Å². The predicted octanol–water partition coefficient (Wildman–Crippen LogP) is 17.7. The summed E-state index contributed by atoms with van der Waals surface area (Å²) in [7, 11) is 0. The van der Waals surface area contributed by atoms with Crippen LogP contribution in [0.25, 0.3) is 95.6 Å². The Bertz CT molecular complexity index is 3400. The number of thiophene rings is 2. The Morgan fingerprint density at radius 3 is 1.26 bits per heavy atom. The second kappa shape index (κ2) is 14.8. The molecule has 2 heterocycles. The molecule has 0 fully saturated rings. The maximum absolute atomic E-state index is 2.49. The SMILES string of the molecule is c1ccc(-c2ccc(-c3ccc(N(c4ccc(-c5ccc(-c6ccccc6)cc5)cc4)c4c5ccccc5cc5c4sc4c5ccc5sc6ccccc6c54)cc3)cc2)cc1. The third-order valence-electron chi connectivity index (χ3n) is 12.1. The van der Waals surface area contributed by atoms with Gasteiger partial charge in [0.05, 0.1) is 10.4 Å². The van der Waals surface area contributed by atoms with E-state index in [1.54, 1.807) is 0 Å². The quantitative estimate of drug-likeness (QED) is 0.155. The van der Waals surface area contributed by atoms with Crippen LogP contribution in [0.1, 0.15) is 0 Å². The molecular formula is C58H37NS2. The topological polar surface area (TPSA) is 3.24 Å². The molecule has 12 rings (SSSR count). The number of benzene rings is 10. The molecule has 0 saturated carbocycles. The van der Waals surface area contributed by atoms with E-state index in [2.05, 4.69) is 229 Å². The number of hydrogen-bond acceptors (Lipinski definition) is 3. The summed E-state index contributed by atoms with van der Waals surface area (Å²) in [5, 5.41) is 7.77.